The summed E-state index contributed by atoms with van der Waals surface area (Å²) in [5.41, 5.74) is 1.71. The second-order valence-electron chi connectivity index (χ2n) is 6.99. The first-order valence-electron chi connectivity index (χ1n) is 10.5. The van der Waals surface area contributed by atoms with Gasteiger partial charge in [0, 0.05) is 25.4 Å². The number of rotatable bonds is 11. The fraction of sp³-hybridized carbons (Fsp3) is 0.333. The van der Waals surface area contributed by atoms with Crippen LogP contribution in [0.3, 0.4) is 0 Å². The van der Waals surface area contributed by atoms with Gasteiger partial charge in [0.25, 0.3) is 11.8 Å². The molecule has 7 nitrogen and oxygen atoms in total. The highest BCUT2D eigenvalue weighted by atomic mass is 35.5. The van der Waals surface area contributed by atoms with E-state index in [9.17, 15) is 9.59 Å². The third kappa shape index (κ3) is 5.23. The molecule has 1 aliphatic rings. The summed E-state index contributed by atoms with van der Waals surface area (Å²) >= 11 is 6.24. The highest BCUT2D eigenvalue weighted by Gasteiger charge is 2.38. The average molecular weight is 459 g/mol. The Kier molecular flexibility index (Phi) is 8.14. The molecule has 2 amide bonds. The van der Waals surface area contributed by atoms with E-state index in [4.69, 9.17) is 25.8 Å². The number of carbonyl (C=O) groups is 2. The van der Waals surface area contributed by atoms with E-state index in [-0.39, 0.29) is 24.1 Å². The molecular formula is C24H27ClN2O5. The number of hydrogen-bond acceptors (Lipinski definition) is 6. The van der Waals surface area contributed by atoms with Crippen LogP contribution in [0.1, 0.15) is 25.8 Å². The van der Waals surface area contributed by atoms with Crippen molar-refractivity contribution < 1.29 is 23.8 Å². The lowest BCUT2D eigenvalue weighted by molar-refractivity contribution is -0.137. The molecule has 0 bridgehead atoms. The number of amides is 2. The Morgan fingerprint density at radius 1 is 1.00 bits per heavy atom. The molecule has 0 aromatic heterocycles. The van der Waals surface area contributed by atoms with Crippen molar-refractivity contribution in [2.45, 2.75) is 20.3 Å². The number of benzene rings is 2. The molecule has 170 valence electrons. The normalized spacial score (nSPS) is 13.7. The van der Waals surface area contributed by atoms with Crippen molar-refractivity contribution in [2.75, 3.05) is 38.8 Å². The Morgan fingerprint density at radius 2 is 1.75 bits per heavy atom. The molecule has 8 heteroatoms. The molecule has 1 heterocycles. The van der Waals surface area contributed by atoms with Crippen molar-refractivity contribution in [3.8, 4) is 11.5 Å². The minimum absolute atomic E-state index is 0.205. The van der Waals surface area contributed by atoms with Crippen LogP contribution in [0, 0.1) is 0 Å². The average Bonchev–Trinajstić information content (AvgIpc) is 3.01. The van der Waals surface area contributed by atoms with Gasteiger partial charge in [0.05, 0.1) is 24.3 Å². The van der Waals surface area contributed by atoms with Crippen molar-refractivity contribution in [1.82, 2.24) is 4.90 Å². The highest BCUT2D eigenvalue weighted by Crippen LogP contribution is 2.33. The molecule has 32 heavy (non-hydrogen) atoms. The first kappa shape index (κ1) is 23.6. The van der Waals surface area contributed by atoms with E-state index in [2.05, 4.69) is 5.32 Å². The second kappa shape index (κ2) is 11.0. The van der Waals surface area contributed by atoms with Gasteiger partial charge in [-0.05, 0) is 56.2 Å². The van der Waals surface area contributed by atoms with E-state index >= 15 is 0 Å². The summed E-state index contributed by atoms with van der Waals surface area (Å²) in [6, 6.07) is 12.2. The van der Waals surface area contributed by atoms with Crippen LogP contribution in [0.15, 0.2) is 48.2 Å². The number of nitrogens with zero attached hydrogens (tertiary/aromatic N) is 1. The zero-order chi connectivity index (χ0) is 23.1. The van der Waals surface area contributed by atoms with Gasteiger partial charge in [0.2, 0.25) is 0 Å². The van der Waals surface area contributed by atoms with Gasteiger partial charge >= 0.3 is 0 Å². The zero-order valence-corrected chi connectivity index (χ0v) is 19.2. The molecule has 0 saturated heterocycles. The minimum atomic E-state index is -0.387. The van der Waals surface area contributed by atoms with Crippen LogP contribution in [0.25, 0.3) is 5.57 Å². The van der Waals surface area contributed by atoms with E-state index < -0.39 is 0 Å². The number of nitrogens with one attached hydrogen (secondary N) is 1. The van der Waals surface area contributed by atoms with Crippen molar-refractivity contribution in [1.29, 1.82) is 0 Å². The molecule has 0 saturated carbocycles. The highest BCUT2D eigenvalue weighted by molar-refractivity contribution is 6.36. The van der Waals surface area contributed by atoms with Crippen LogP contribution in [-0.2, 0) is 14.3 Å². The standard InChI is InChI=1S/C24H27ClN2O5/c1-4-31-14-6-13-27-23(28)21(16-7-10-18(11-8-16)32-5-2)22(24(27)29)26-17-9-12-20(30-3)19(25)15-17/h7-12,15,26H,4-6,13-14H2,1-3H3. The predicted octanol–water partition coefficient (Wildman–Crippen LogP) is 4.37. The van der Waals surface area contributed by atoms with Crippen LogP contribution in [-0.4, -0.2) is 50.2 Å². The van der Waals surface area contributed by atoms with Crippen molar-refractivity contribution in [3.05, 3.63) is 58.7 Å². The Morgan fingerprint density at radius 3 is 2.38 bits per heavy atom. The molecule has 0 atom stereocenters. The van der Waals surface area contributed by atoms with E-state index in [1.807, 2.05) is 13.8 Å². The monoisotopic (exact) mass is 458 g/mol. The maximum atomic E-state index is 13.2. The third-order valence-electron chi connectivity index (χ3n) is 4.92. The van der Waals surface area contributed by atoms with Crippen LogP contribution >= 0.6 is 11.6 Å². The summed E-state index contributed by atoms with van der Waals surface area (Å²) < 4.78 is 16.0. The lowest BCUT2D eigenvalue weighted by atomic mass is 10.0. The smallest absolute Gasteiger partial charge is 0.278 e. The number of ether oxygens (including phenoxy) is 3. The molecular weight excluding hydrogens is 432 g/mol. The Balaban J connectivity index is 1.94. The first-order chi connectivity index (χ1) is 15.5. The Labute approximate surface area is 192 Å². The summed E-state index contributed by atoms with van der Waals surface area (Å²) in [4.78, 5) is 27.7. The summed E-state index contributed by atoms with van der Waals surface area (Å²) in [5, 5.41) is 3.49. The second-order valence-corrected chi connectivity index (χ2v) is 7.40. The Hall–Kier alpha value is -3.03. The SMILES string of the molecule is CCOCCCN1C(=O)C(Nc2ccc(OC)c(Cl)c2)=C(c2ccc(OCC)cc2)C1=O. The topological polar surface area (TPSA) is 77.1 Å². The molecule has 2 aromatic carbocycles. The van der Waals surface area contributed by atoms with Crippen LogP contribution < -0.4 is 14.8 Å². The summed E-state index contributed by atoms with van der Waals surface area (Å²) in [6.07, 6.45) is 0.559. The fourth-order valence-electron chi connectivity index (χ4n) is 3.40. The number of imide groups is 1. The van der Waals surface area contributed by atoms with Gasteiger partial charge in [0.15, 0.2) is 0 Å². The number of halogens is 1. The molecule has 0 aliphatic carbocycles. The molecule has 0 unspecified atom stereocenters. The lowest BCUT2D eigenvalue weighted by Crippen LogP contribution is -2.34. The molecule has 3 rings (SSSR count). The van der Waals surface area contributed by atoms with Crippen LogP contribution in [0.5, 0.6) is 11.5 Å². The van der Waals surface area contributed by atoms with Crippen LogP contribution in [0.2, 0.25) is 5.02 Å². The van der Waals surface area contributed by atoms with E-state index in [0.717, 1.165) is 0 Å². The van der Waals surface area contributed by atoms with Crippen molar-refractivity contribution in [3.63, 3.8) is 0 Å². The molecule has 2 aromatic rings. The van der Waals surface area contributed by atoms with Gasteiger partial charge in [-0.3, -0.25) is 14.5 Å². The predicted molar refractivity (Wildman–Crippen MR) is 124 cm³/mol. The molecule has 1 aliphatic heterocycles. The summed E-state index contributed by atoms with van der Waals surface area (Å²) in [7, 11) is 1.53. The van der Waals surface area contributed by atoms with Crippen LogP contribution in [0.4, 0.5) is 5.69 Å². The van der Waals surface area contributed by atoms with Gasteiger partial charge < -0.3 is 19.5 Å². The maximum absolute atomic E-state index is 13.2. The summed E-state index contributed by atoms with van der Waals surface area (Å²) in [6.45, 7) is 5.67. The summed E-state index contributed by atoms with van der Waals surface area (Å²) in [5.74, 6) is 0.475. The van der Waals surface area contributed by atoms with Gasteiger partial charge in [-0.25, -0.2) is 0 Å². The first-order valence-corrected chi connectivity index (χ1v) is 10.9. The molecule has 1 N–H and O–H groups in total. The van der Waals surface area contributed by atoms with Crippen molar-refractivity contribution >= 4 is 34.7 Å². The lowest BCUT2D eigenvalue weighted by Gasteiger charge is -2.15. The van der Waals surface area contributed by atoms with Gasteiger partial charge in [-0.2, -0.15) is 0 Å². The number of methoxy groups -OCH3 is 1. The molecule has 0 spiro atoms. The van der Waals surface area contributed by atoms with Gasteiger partial charge in [-0.15, -0.1) is 0 Å². The zero-order valence-electron chi connectivity index (χ0n) is 18.4. The van der Waals surface area contributed by atoms with E-state index in [1.165, 1.54) is 12.0 Å². The minimum Gasteiger partial charge on any atom is -0.495 e. The van der Waals surface area contributed by atoms with E-state index in [0.29, 0.717) is 59.6 Å². The van der Waals surface area contributed by atoms with Gasteiger partial charge in [0.1, 0.15) is 17.2 Å². The molecule has 0 radical (unpaired) electrons. The maximum Gasteiger partial charge on any atom is 0.278 e. The number of carbonyl (C=O) groups excluding carboxylic acids is 2. The quantitative estimate of drug-likeness (QED) is 0.398. The fourth-order valence-corrected chi connectivity index (χ4v) is 3.66. The van der Waals surface area contributed by atoms with Gasteiger partial charge in [-0.1, -0.05) is 23.7 Å². The van der Waals surface area contributed by atoms with Crippen molar-refractivity contribution in [2.24, 2.45) is 0 Å². The van der Waals surface area contributed by atoms with E-state index in [1.54, 1.807) is 42.5 Å². The molecule has 0 fully saturated rings. The largest absolute Gasteiger partial charge is 0.495 e. The number of hydrogen-bond donors (Lipinski definition) is 1. The Bertz CT molecular complexity index is 1000. The third-order valence-corrected chi connectivity index (χ3v) is 5.21. The number of anilines is 1.